The number of hydrogen-bond donors (Lipinski definition) is 0. The van der Waals surface area contributed by atoms with Gasteiger partial charge in [-0.1, -0.05) is 127 Å². The Morgan fingerprint density at radius 3 is 1.72 bits per heavy atom. The molecule has 0 heterocycles. The predicted octanol–water partition coefficient (Wildman–Crippen LogP) is 9.56. The van der Waals surface area contributed by atoms with Gasteiger partial charge in [0.15, 0.2) is 0 Å². The molecule has 0 saturated carbocycles. The van der Waals surface area contributed by atoms with E-state index in [0.29, 0.717) is 5.92 Å². The zero-order valence-corrected chi connectivity index (χ0v) is 27.4. The summed E-state index contributed by atoms with van der Waals surface area (Å²) in [4.78, 5) is 10.9. The lowest BCUT2D eigenvalue weighted by Gasteiger charge is -2.20. The van der Waals surface area contributed by atoms with Gasteiger partial charge < -0.3 is 0 Å². The van der Waals surface area contributed by atoms with Crippen molar-refractivity contribution in [2.24, 2.45) is 9.98 Å². The quantitative estimate of drug-likeness (QED) is 0.171. The Balaban J connectivity index is 1.46. The molecule has 0 aliphatic heterocycles. The van der Waals surface area contributed by atoms with E-state index in [4.69, 9.17) is 9.98 Å². The third-order valence-electron chi connectivity index (χ3n) is 8.38. The molecule has 5 aromatic carbocycles. The largest absolute Gasteiger partial charge is 0.282 e. The van der Waals surface area contributed by atoms with Gasteiger partial charge in [-0.25, -0.2) is 4.99 Å². The number of nitrogens with zero attached hydrogens (tertiary/aromatic N) is 2. The molecule has 0 spiro atoms. The highest BCUT2D eigenvalue weighted by Gasteiger charge is 2.28. The van der Waals surface area contributed by atoms with Crippen LogP contribution in [-0.4, -0.2) is 24.1 Å². The first-order valence-electron chi connectivity index (χ1n) is 15.4. The molecule has 0 fully saturated rings. The molecule has 0 radical (unpaired) electrons. The number of rotatable bonds is 7. The third-order valence-corrected chi connectivity index (χ3v) is 10.8. The van der Waals surface area contributed by atoms with E-state index >= 15 is 0 Å². The van der Waals surface area contributed by atoms with E-state index in [9.17, 15) is 0 Å². The van der Waals surface area contributed by atoms with E-state index in [2.05, 4.69) is 139 Å². The van der Waals surface area contributed by atoms with Crippen molar-refractivity contribution >= 4 is 46.4 Å². The Morgan fingerprint density at radius 2 is 1.16 bits per heavy atom. The lowest BCUT2D eigenvalue weighted by atomic mass is 9.98. The molecule has 0 amide bonds. The summed E-state index contributed by atoms with van der Waals surface area (Å²) in [5.74, 6) is 0.387. The molecule has 1 aliphatic rings. The molecule has 5 aromatic rings. The molecule has 43 heavy (non-hydrogen) atoms. The van der Waals surface area contributed by atoms with Gasteiger partial charge in [0, 0.05) is 23.1 Å². The van der Waals surface area contributed by atoms with Gasteiger partial charge >= 0.3 is 0 Å². The van der Waals surface area contributed by atoms with Crippen molar-refractivity contribution in [3.63, 3.8) is 0 Å². The van der Waals surface area contributed by atoms with Crippen molar-refractivity contribution in [1.29, 1.82) is 0 Å². The van der Waals surface area contributed by atoms with Crippen LogP contribution in [0, 0.1) is 34.6 Å². The van der Waals surface area contributed by atoms with Crippen molar-refractivity contribution in [2.75, 3.05) is 12.7 Å². The maximum absolute atomic E-state index is 5.45. The van der Waals surface area contributed by atoms with Crippen LogP contribution in [0.25, 0.3) is 10.8 Å². The fourth-order valence-corrected chi connectivity index (χ4v) is 9.11. The first-order valence-corrected chi connectivity index (χ1v) is 16.9. The highest BCUT2D eigenvalue weighted by atomic mass is 31.1. The van der Waals surface area contributed by atoms with Crippen LogP contribution in [0.15, 0.2) is 101 Å². The average molecular weight is 581 g/mol. The summed E-state index contributed by atoms with van der Waals surface area (Å²) in [6.45, 7) is 16.3. The standard InChI is InChI=1S/C40H41N2P/c1-25(2)34-14-8-11-30(7)38(34)42-40-36-16-10-13-31-12-9-15-35(37(31)36)39(40)41-17-18-43(32-21-26(3)19-27(4)22-32)33-23-28(5)20-29(6)24-33/h8-16,19-25H,17-18H2,1-7H3. The Bertz CT molecular complexity index is 1810. The highest BCUT2D eigenvalue weighted by Crippen LogP contribution is 2.38. The number of aliphatic imine (C=N–C) groups is 2. The van der Waals surface area contributed by atoms with Crippen molar-refractivity contribution in [1.82, 2.24) is 0 Å². The van der Waals surface area contributed by atoms with Gasteiger partial charge in [-0.15, -0.1) is 0 Å². The maximum atomic E-state index is 5.45. The number of hydrogen-bond acceptors (Lipinski definition) is 2. The summed E-state index contributed by atoms with van der Waals surface area (Å²) < 4.78 is 0. The lowest BCUT2D eigenvalue weighted by molar-refractivity contribution is 0.865. The minimum Gasteiger partial charge on any atom is -0.282 e. The van der Waals surface area contributed by atoms with E-state index in [1.165, 1.54) is 65.9 Å². The van der Waals surface area contributed by atoms with E-state index in [1.807, 2.05) is 0 Å². The van der Waals surface area contributed by atoms with Crippen molar-refractivity contribution in [3.8, 4) is 0 Å². The van der Waals surface area contributed by atoms with Crippen molar-refractivity contribution in [3.05, 3.63) is 136 Å². The van der Waals surface area contributed by atoms with Gasteiger partial charge in [-0.3, -0.25) is 4.99 Å². The normalized spacial score (nSPS) is 14.6. The molecule has 216 valence electrons. The second-order valence-corrected chi connectivity index (χ2v) is 14.7. The van der Waals surface area contributed by atoms with Gasteiger partial charge in [0.1, 0.15) is 0 Å². The fraction of sp³-hybridized carbons (Fsp3) is 0.250. The zero-order valence-electron chi connectivity index (χ0n) is 26.5. The van der Waals surface area contributed by atoms with Gasteiger partial charge in [0.05, 0.1) is 17.1 Å². The third kappa shape index (κ3) is 5.86. The van der Waals surface area contributed by atoms with Gasteiger partial charge in [0.25, 0.3) is 0 Å². The highest BCUT2D eigenvalue weighted by molar-refractivity contribution is 7.73. The van der Waals surface area contributed by atoms with E-state index < -0.39 is 7.92 Å². The topological polar surface area (TPSA) is 24.7 Å². The molecule has 0 N–H and O–H groups in total. The van der Waals surface area contributed by atoms with Crippen LogP contribution in [0.3, 0.4) is 0 Å². The van der Waals surface area contributed by atoms with Crippen LogP contribution >= 0.6 is 7.92 Å². The smallest absolute Gasteiger partial charge is 0.0974 e. The number of benzene rings is 5. The molecular weight excluding hydrogens is 539 g/mol. The van der Waals surface area contributed by atoms with Crippen LogP contribution in [0.2, 0.25) is 0 Å². The van der Waals surface area contributed by atoms with E-state index in [0.717, 1.165) is 29.8 Å². The Morgan fingerprint density at radius 1 is 0.628 bits per heavy atom. The van der Waals surface area contributed by atoms with E-state index in [-0.39, 0.29) is 0 Å². The molecular formula is C40H41N2P. The first kappa shape index (κ1) is 29.2. The summed E-state index contributed by atoms with van der Waals surface area (Å²) in [6.07, 6.45) is 0.992. The molecule has 0 bridgehead atoms. The van der Waals surface area contributed by atoms with Crippen LogP contribution in [0.4, 0.5) is 5.69 Å². The Hall–Kier alpha value is -3.87. The van der Waals surface area contributed by atoms with Gasteiger partial charge in [-0.2, -0.15) is 0 Å². The second kappa shape index (κ2) is 12.0. The number of aryl methyl sites for hydroxylation is 5. The monoisotopic (exact) mass is 580 g/mol. The zero-order chi connectivity index (χ0) is 30.2. The van der Waals surface area contributed by atoms with Crippen molar-refractivity contribution < 1.29 is 0 Å². The SMILES string of the molecule is Cc1cc(C)cc(P(CCN=C2C(=Nc3c(C)cccc3C(C)C)c3cccc4cccc2c34)c2cc(C)cc(C)c2)c1. The molecule has 0 aromatic heterocycles. The average Bonchev–Trinajstić information content (AvgIpc) is 3.24. The molecule has 1 aliphatic carbocycles. The maximum Gasteiger partial charge on any atom is 0.0974 e. The lowest BCUT2D eigenvalue weighted by Crippen LogP contribution is -2.18. The molecule has 2 nitrogen and oxygen atoms in total. The van der Waals surface area contributed by atoms with Crippen LogP contribution in [0.5, 0.6) is 0 Å². The van der Waals surface area contributed by atoms with Gasteiger partial charge in [0.2, 0.25) is 0 Å². The van der Waals surface area contributed by atoms with Crippen LogP contribution in [-0.2, 0) is 0 Å². The summed E-state index contributed by atoms with van der Waals surface area (Å²) in [7, 11) is -0.567. The predicted molar refractivity (Wildman–Crippen MR) is 190 cm³/mol. The Kier molecular flexibility index (Phi) is 8.17. The second-order valence-electron chi connectivity index (χ2n) is 12.4. The molecule has 3 heteroatoms. The minimum atomic E-state index is -0.567. The summed E-state index contributed by atoms with van der Waals surface area (Å²) in [6, 6.07) is 33.8. The van der Waals surface area contributed by atoms with E-state index in [1.54, 1.807) is 0 Å². The molecule has 6 rings (SSSR count). The first-order chi connectivity index (χ1) is 20.7. The summed E-state index contributed by atoms with van der Waals surface area (Å²) in [5, 5.41) is 5.39. The van der Waals surface area contributed by atoms with Crippen LogP contribution in [0.1, 0.15) is 64.3 Å². The summed E-state index contributed by atoms with van der Waals surface area (Å²) >= 11 is 0. The van der Waals surface area contributed by atoms with Crippen molar-refractivity contribution in [2.45, 2.75) is 54.4 Å². The summed E-state index contributed by atoms with van der Waals surface area (Å²) in [5.41, 5.74) is 13.3. The fourth-order valence-electron chi connectivity index (χ4n) is 6.56. The van der Waals surface area contributed by atoms with Crippen LogP contribution < -0.4 is 10.6 Å². The Labute approximate surface area is 258 Å². The molecule has 0 atom stereocenters. The number of para-hydroxylation sites is 1. The van der Waals surface area contributed by atoms with Gasteiger partial charge in [-0.05, 0) is 81.7 Å². The molecule has 0 unspecified atom stereocenters. The minimum absolute atomic E-state index is 0.387. The molecule has 0 saturated heterocycles.